The van der Waals surface area contributed by atoms with E-state index in [1.165, 1.54) is 5.56 Å². The molecule has 1 saturated heterocycles. The summed E-state index contributed by atoms with van der Waals surface area (Å²) in [5, 5.41) is 6.83. The molecule has 2 nitrogen and oxygen atoms in total. The van der Waals surface area contributed by atoms with Gasteiger partial charge in [0.1, 0.15) is 0 Å². The first-order valence-corrected chi connectivity index (χ1v) is 4.88. The van der Waals surface area contributed by atoms with E-state index in [-0.39, 0.29) is 0 Å². The highest BCUT2D eigenvalue weighted by Crippen LogP contribution is 2.12. The van der Waals surface area contributed by atoms with Crippen molar-refractivity contribution in [2.75, 3.05) is 13.1 Å². The molecule has 1 fully saturated rings. The number of rotatable bonds is 3. The van der Waals surface area contributed by atoms with Gasteiger partial charge in [0.2, 0.25) is 0 Å². The molecule has 1 aliphatic rings. The molecule has 1 aromatic carbocycles. The lowest BCUT2D eigenvalue weighted by Gasteiger charge is -2.31. The van der Waals surface area contributed by atoms with Crippen LogP contribution in [0.5, 0.6) is 0 Å². The van der Waals surface area contributed by atoms with Crippen molar-refractivity contribution in [3.63, 3.8) is 0 Å². The van der Waals surface area contributed by atoms with E-state index < -0.39 is 0 Å². The Hall–Kier alpha value is -0.860. The van der Waals surface area contributed by atoms with Gasteiger partial charge in [0, 0.05) is 25.2 Å². The van der Waals surface area contributed by atoms with Gasteiger partial charge in [0.05, 0.1) is 0 Å². The van der Waals surface area contributed by atoms with Crippen LogP contribution in [0.2, 0.25) is 0 Å². The molecule has 1 aromatic rings. The summed E-state index contributed by atoms with van der Waals surface area (Å²) in [6.45, 7) is 4.43. The van der Waals surface area contributed by atoms with Crippen molar-refractivity contribution in [3.05, 3.63) is 35.9 Å². The smallest absolute Gasteiger partial charge is 0.0322 e. The summed E-state index contributed by atoms with van der Waals surface area (Å²) in [7, 11) is 0. The fraction of sp³-hybridized carbons (Fsp3) is 0.455. The molecule has 0 radical (unpaired) electrons. The number of hydrogen-bond acceptors (Lipinski definition) is 2. The fourth-order valence-corrected chi connectivity index (χ4v) is 1.60. The van der Waals surface area contributed by atoms with E-state index in [0.717, 1.165) is 13.1 Å². The highest BCUT2D eigenvalue weighted by Gasteiger charge is 2.18. The second-order valence-corrected chi connectivity index (χ2v) is 3.65. The first-order chi connectivity index (χ1) is 6.36. The summed E-state index contributed by atoms with van der Waals surface area (Å²) in [6.07, 6.45) is 0. The van der Waals surface area contributed by atoms with Crippen LogP contribution in [0.15, 0.2) is 30.3 Å². The molecular weight excluding hydrogens is 160 g/mol. The number of nitrogens with one attached hydrogen (secondary N) is 2. The first kappa shape index (κ1) is 8.73. The molecule has 1 atom stereocenters. The molecule has 0 aromatic heterocycles. The lowest BCUT2D eigenvalue weighted by atomic mass is 10.1. The molecule has 2 N–H and O–H groups in total. The van der Waals surface area contributed by atoms with Crippen LogP contribution in [0, 0.1) is 0 Å². The van der Waals surface area contributed by atoms with Crippen LogP contribution in [0.1, 0.15) is 18.5 Å². The zero-order valence-electron chi connectivity index (χ0n) is 7.96. The van der Waals surface area contributed by atoms with Crippen molar-refractivity contribution in [2.24, 2.45) is 0 Å². The quantitative estimate of drug-likeness (QED) is 0.725. The monoisotopic (exact) mass is 176 g/mol. The average molecular weight is 176 g/mol. The van der Waals surface area contributed by atoms with E-state index >= 15 is 0 Å². The Bertz CT molecular complexity index is 254. The van der Waals surface area contributed by atoms with E-state index in [0.29, 0.717) is 12.1 Å². The average Bonchev–Trinajstić information content (AvgIpc) is 2.12. The minimum Gasteiger partial charge on any atom is -0.314 e. The maximum atomic E-state index is 3.57. The molecule has 1 aliphatic heterocycles. The Morgan fingerprint density at radius 3 is 2.54 bits per heavy atom. The van der Waals surface area contributed by atoms with Crippen molar-refractivity contribution in [1.29, 1.82) is 0 Å². The Labute approximate surface area is 79.4 Å². The summed E-state index contributed by atoms with van der Waals surface area (Å²) in [4.78, 5) is 0. The standard InChI is InChI=1S/C11H16N2/c1-9(13-11-7-12-8-11)10-5-3-2-4-6-10/h2-6,9,11-13H,7-8H2,1H3/t9-/m1/s1. The van der Waals surface area contributed by atoms with Gasteiger partial charge < -0.3 is 10.6 Å². The third-order valence-corrected chi connectivity index (χ3v) is 2.57. The van der Waals surface area contributed by atoms with Crippen LogP contribution in [0.25, 0.3) is 0 Å². The first-order valence-electron chi connectivity index (χ1n) is 4.88. The van der Waals surface area contributed by atoms with Crippen LogP contribution >= 0.6 is 0 Å². The fourth-order valence-electron chi connectivity index (χ4n) is 1.60. The molecule has 0 bridgehead atoms. The van der Waals surface area contributed by atoms with Gasteiger partial charge in [-0.2, -0.15) is 0 Å². The molecule has 0 amide bonds. The van der Waals surface area contributed by atoms with Gasteiger partial charge in [0.15, 0.2) is 0 Å². The van der Waals surface area contributed by atoms with Gasteiger partial charge in [0.25, 0.3) is 0 Å². The topological polar surface area (TPSA) is 24.1 Å². The van der Waals surface area contributed by atoms with Gasteiger partial charge in [-0.1, -0.05) is 30.3 Å². The lowest BCUT2D eigenvalue weighted by molar-refractivity contribution is 0.338. The van der Waals surface area contributed by atoms with Crippen LogP contribution in [0.4, 0.5) is 0 Å². The molecule has 2 heteroatoms. The molecule has 70 valence electrons. The van der Waals surface area contributed by atoms with E-state index in [4.69, 9.17) is 0 Å². The van der Waals surface area contributed by atoms with Crippen molar-refractivity contribution in [1.82, 2.24) is 10.6 Å². The maximum absolute atomic E-state index is 3.57. The summed E-state index contributed by atoms with van der Waals surface area (Å²) in [5.41, 5.74) is 1.37. The van der Waals surface area contributed by atoms with Crippen molar-refractivity contribution < 1.29 is 0 Å². The predicted octanol–water partition coefficient (Wildman–Crippen LogP) is 1.31. The lowest BCUT2D eigenvalue weighted by Crippen LogP contribution is -2.55. The van der Waals surface area contributed by atoms with Crippen molar-refractivity contribution in [2.45, 2.75) is 19.0 Å². The molecule has 0 unspecified atom stereocenters. The minimum atomic E-state index is 0.466. The van der Waals surface area contributed by atoms with Crippen LogP contribution in [0.3, 0.4) is 0 Å². The Balaban J connectivity index is 1.92. The van der Waals surface area contributed by atoms with Gasteiger partial charge in [-0.3, -0.25) is 0 Å². The zero-order valence-corrected chi connectivity index (χ0v) is 7.96. The van der Waals surface area contributed by atoms with E-state index in [2.05, 4.69) is 47.9 Å². The summed E-state index contributed by atoms with van der Waals surface area (Å²) >= 11 is 0. The SMILES string of the molecule is C[C@@H](NC1CNC1)c1ccccc1. The van der Waals surface area contributed by atoms with Gasteiger partial charge >= 0.3 is 0 Å². The Morgan fingerprint density at radius 2 is 2.00 bits per heavy atom. The summed E-state index contributed by atoms with van der Waals surface area (Å²) < 4.78 is 0. The molecule has 13 heavy (non-hydrogen) atoms. The second kappa shape index (κ2) is 3.90. The van der Waals surface area contributed by atoms with Crippen molar-refractivity contribution in [3.8, 4) is 0 Å². The second-order valence-electron chi connectivity index (χ2n) is 3.65. The Morgan fingerprint density at radius 1 is 1.31 bits per heavy atom. The van der Waals surface area contributed by atoms with Gasteiger partial charge in [-0.05, 0) is 12.5 Å². The molecule has 0 aliphatic carbocycles. The van der Waals surface area contributed by atoms with Crippen molar-refractivity contribution >= 4 is 0 Å². The van der Waals surface area contributed by atoms with Crippen LogP contribution in [-0.4, -0.2) is 19.1 Å². The maximum Gasteiger partial charge on any atom is 0.0322 e. The summed E-state index contributed by atoms with van der Waals surface area (Å²) in [5.74, 6) is 0. The highest BCUT2D eigenvalue weighted by atomic mass is 15.1. The third kappa shape index (κ3) is 2.08. The third-order valence-electron chi connectivity index (χ3n) is 2.57. The normalized spacial score (nSPS) is 19.5. The molecular formula is C11H16N2. The van der Waals surface area contributed by atoms with E-state index in [1.54, 1.807) is 0 Å². The molecule has 2 rings (SSSR count). The minimum absolute atomic E-state index is 0.466. The number of benzene rings is 1. The predicted molar refractivity (Wildman–Crippen MR) is 54.7 cm³/mol. The van der Waals surface area contributed by atoms with Crippen LogP contribution < -0.4 is 10.6 Å². The zero-order chi connectivity index (χ0) is 9.10. The summed E-state index contributed by atoms with van der Waals surface area (Å²) in [6, 6.07) is 11.7. The molecule has 1 heterocycles. The number of hydrogen-bond donors (Lipinski definition) is 2. The highest BCUT2D eigenvalue weighted by molar-refractivity contribution is 5.18. The van der Waals surface area contributed by atoms with Gasteiger partial charge in [-0.15, -0.1) is 0 Å². The molecule has 0 saturated carbocycles. The van der Waals surface area contributed by atoms with E-state index in [1.807, 2.05) is 0 Å². The largest absolute Gasteiger partial charge is 0.314 e. The molecule has 0 spiro atoms. The van der Waals surface area contributed by atoms with Gasteiger partial charge in [-0.25, -0.2) is 0 Å². The Kier molecular flexibility index (Phi) is 2.62. The van der Waals surface area contributed by atoms with Crippen LogP contribution in [-0.2, 0) is 0 Å². The van der Waals surface area contributed by atoms with E-state index in [9.17, 15) is 0 Å².